The highest BCUT2D eigenvalue weighted by Crippen LogP contribution is 2.21. The molecule has 0 aromatic heterocycles. The van der Waals surface area contributed by atoms with Crippen LogP contribution in [0.2, 0.25) is 10.0 Å². The van der Waals surface area contributed by atoms with Crippen LogP contribution in [0, 0.1) is 0 Å². The zero-order valence-electron chi connectivity index (χ0n) is 9.65. The smallest absolute Gasteiger partial charge is 0.180 e. The molecule has 0 saturated carbocycles. The summed E-state index contributed by atoms with van der Waals surface area (Å²) >= 11 is 11.7. The maximum Gasteiger partial charge on any atom is 0.180 e. The molecule has 0 aliphatic carbocycles. The number of carbonyl (C=O) groups is 1. The van der Waals surface area contributed by atoms with Gasteiger partial charge in [0.2, 0.25) is 0 Å². The van der Waals surface area contributed by atoms with Crippen LogP contribution in [0.5, 0.6) is 0 Å². The molecule has 0 bridgehead atoms. The lowest BCUT2D eigenvalue weighted by Crippen LogP contribution is -2.01. The van der Waals surface area contributed by atoms with Crippen molar-refractivity contribution in [3.05, 3.63) is 52.2 Å². The Kier molecular flexibility index (Phi) is 5.26. The van der Waals surface area contributed by atoms with Crippen molar-refractivity contribution in [3.63, 3.8) is 0 Å². The first-order valence-electron chi connectivity index (χ1n) is 5.01. The van der Waals surface area contributed by atoms with E-state index >= 15 is 0 Å². The second-order valence-electron chi connectivity index (χ2n) is 3.68. The number of hydrogen-bond donors (Lipinski definition) is 0. The van der Waals surface area contributed by atoms with E-state index in [1.165, 1.54) is 12.2 Å². The maximum atomic E-state index is 11.4. The monoisotopic (exact) mass is 269 g/mol. The third-order valence-corrected chi connectivity index (χ3v) is 2.49. The summed E-state index contributed by atoms with van der Waals surface area (Å²) in [5.41, 5.74) is 0.766. The summed E-state index contributed by atoms with van der Waals surface area (Å²) in [5, 5.41) is 1.10. The largest absolute Gasteiger partial charge is 0.383 e. The Morgan fingerprint density at radius 1 is 1.24 bits per heavy atom. The Hall–Kier alpha value is -1.25. The van der Waals surface area contributed by atoms with E-state index in [1.807, 2.05) is 14.1 Å². The topological polar surface area (TPSA) is 20.3 Å². The molecule has 0 fully saturated rings. The summed E-state index contributed by atoms with van der Waals surface area (Å²) in [6, 6.07) is 5.14. The Labute approximate surface area is 111 Å². The van der Waals surface area contributed by atoms with Crippen molar-refractivity contribution < 1.29 is 4.79 Å². The summed E-state index contributed by atoms with van der Waals surface area (Å²) in [4.78, 5) is 13.2. The Balaban J connectivity index is 2.74. The first kappa shape index (κ1) is 13.8. The normalized spacial score (nSPS) is 11.3. The summed E-state index contributed by atoms with van der Waals surface area (Å²) in [7, 11) is 3.70. The highest BCUT2D eigenvalue weighted by atomic mass is 35.5. The zero-order valence-corrected chi connectivity index (χ0v) is 11.2. The maximum absolute atomic E-state index is 11.4. The molecule has 0 N–H and O–H groups in total. The van der Waals surface area contributed by atoms with E-state index in [4.69, 9.17) is 23.2 Å². The van der Waals surface area contributed by atoms with Gasteiger partial charge < -0.3 is 4.90 Å². The molecule has 90 valence electrons. The summed E-state index contributed by atoms with van der Waals surface area (Å²) < 4.78 is 0. The molecule has 1 aromatic carbocycles. The van der Waals surface area contributed by atoms with E-state index in [-0.39, 0.29) is 5.78 Å². The van der Waals surface area contributed by atoms with E-state index in [0.717, 1.165) is 5.56 Å². The Bertz CT molecular complexity index is 464. The molecule has 2 nitrogen and oxygen atoms in total. The van der Waals surface area contributed by atoms with E-state index in [9.17, 15) is 4.79 Å². The van der Waals surface area contributed by atoms with Gasteiger partial charge in [0, 0.05) is 36.4 Å². The van der Waals surface area contributed by atoms with Gasteiger partial charge in [0.1, 0.15) is 0 Å². The highest BCUT2D eigenvalue weighted by Gasteiger charge is 1.98. The first-order valence-corrected chi connectivity index (χ1v) is 5.76. The number of allylic oxidation sites excluding steroid dienone is 2. The van der Waals surface area contributed by atoms with Gasteiger partial charge in [0.05, 0.1) is 0 Å². The van der Waals surface area contributed by atoms with E-state index in [2.05, 4.69) is 0 Å². The van der Waals surface area contributed by atoms with Crippen molar-refractivity contribution in [2.45, 2.75) is 0 Å². The van der Waals surface area contributed by atoms with Crippen molar-refractivity contribution in [1.82, 2.24) is 4.90 Å². The SMILES string of the molecule is CN(C)/C=C/C(=O)/C=C/c1ccc(Cl)cc1Cl. The van der Waals surface area contributed by atoms with Crippen LogP contribution in [0.3, 0.4) is 0 Å². The molecule has 1 aromatic rings. The number of ketones is 1. The van der Waals surface area contributed by atoms with Gasteiger partial charge in [-0.15, -0.1) is 0 Å². The molecule has 17 heavy (non-hydrogen) atoms. The zero-order chi connectivity index (χ0) is 12.8. The van der Waals surface area contributed by atoms with E-state index in [0.29, 0.717) is 10.0 Å². The van der Waals surface area contributed by atoms with Crippen molar-refractivity contribution in [2.75, 3.05) is 14.1 Å². The second kappa shape index (κ2) is 6.48. The quantitative estimate of drug-likeness (QED) is 0.778. The molecule has 0 spiro atoms. The molecule has 1 rings (SSSR count). The lowest BCUT2D eigenvalue weighted by molar-refractivity contribution is -0.110. The predicted octanol–water partition coefficient (Wildman–Crippen LogP) is 3.65. The van der Waals surface area contributed by atoms with Gasteiger partial charge in [-0.05, 0) is 29.8 Å². The third kappa shape index (κ3) is 5.07. The molecule has 0 radical (unpaired) electrons. The fourth-order valence-corrected chi connectivity index (χ4v) is 1.56. The predicted molar refractivity (Wildman–Crippen MR) is 73.3 cm³/mol. The van der Waals surface area contributed by atoms with Crippen LogP contribution in [-0.2, 0) is 4.79 Å². The standard InChI is InChI=1S/C13H13Cl2NO/c1-16(2)8-7-12(17)6-4-10-3-5-11(14)9-13(10)15/h3-9H,1-2H3/b6-4+,8-7+. The van der Waals surface area contributed by atoms with Crippen LogP contribution in [0.25, 0.3) is 6.08 Å². The third-order valence-electron chi connectivity index (χ3n) is 1.93. The molecule has 0 aliphatic heterocycles. The first-order chi connectivity index (χ1) is 7.99. The molecule has 0 heterocycles. The van der Waals surface area contributed by atoms with Crippen LogP contribution in [0.15, 0.2) is 36.6 Å². The lowest BCUT2D eigenvalue weighted by atomic mass is 10.2. The second-order valence-corrected chi connectivity index (χ2v) is 4.52. The van der Waals surface area contributed by atoms with Gasteiger partial charge in [-0.1, -0.05) is 29.3 Å². The lowest BCUT2D eigenvalue weighted by Gasteiger charge is -2.01. The van der Waals surface area contributed by atoms with Crippen molar-refractivity contribution in [3.8, 4) is 0 Å². The van der Waals surface area contributed by atoms with Gasteiger partial charge in [0.15, 0.2) is 5.78 Å². The fourth-order valence-electron chi connectivity index (χ4n) is 1.09. The minimum atomic E-state index is -0.0929. The molecular formula is C13H13Cl2NO. The summed E-state index contributed by atoms with van der Waals surface area (Å²) in [5.74, 6) is -0.0929. The number of hydrogen-bond acceptors (Lipinski definition) is 2. The summed E-state index contributed by atoms with van der Waals surface area (Å²) in [6.07, 6.45) is 6.31. The highest BCUT2D eigenvalue weighted by molar-refractivity contribution is 6.35. The number of nitrogens with zero attached hydrogens (tertiary/aromatic N) is 1. The number of carbonyl (C=O) groups excluding carboxylic acids is 1. The molecule has 0 atom stereocenters. The van der Waals surface area contributed by atoms with E-state index < -0.39 is 0 Å². The molecule has 0 saturated heterocycles. The summed E-state index contributed by atoms with van der Waals surface area (Å²) in [6.45, 7) is 0. The van der Waals surface area contributed by atoms with Gasteiger partial charge in [-0.2, -0.15) is 0 Å². The van der Waals surface area contributed by atoms with Crippen LogP contribution in [0.1, 0.15) is 5.56 Å². The Morgan fingerprint density at radius 3 is 2.53 bits per heavy atom. The van der Waals surface area contributed by atoms with Gasteiger partial charge in [-0.3, -0.25) is 4.79 Å². The van der Waals surface area contributed by atoms with Crippen LogP contribution < -0.4 is 0 Å². The van der Waals surface area contributed by atoms with E-state index in [1.54, 1.807) is 35.4 Å². The number of rotatable bonds is 4. The van der Waals surface area contributed by atoms with Crippen LogP contribution in [-0.4, -0.2) is 24.8 Å². The van der Waals surface area contributed by atoms with Crippen molar-refractivity contribution >= 4 is 35.1 Å². The van der Waals surface area contributed by atoms with Crippen LogP contribution in [0.4, 0.5) is 0 Å². The van der Waals surface area contributed by atoms with Gasteiger partial charge >= 0.3 is 0 Å². The van der Waals surface area contributed by atoms with Crippen molar-refractivity contribution in [2.24, 2.45) is 0 Å². The average Bonchev–Trinajstić information content (AvgIpc) is 2.25. The molecule has 0 aliphatic rings. The molecule has 4 heteroatoms. The van der Waals surface area contributed by atoms with Gasteiger partial charge in [-0.25, -0.2) is 0 Å². The minimum Gasteiger partial charge on any atom is -0.383 e. The van der Waals surface area contributed by atoms with Crippen molar-refractivity contribution in [1.29, 1.82) is 0 Å². The van der Waals surface area contributed by atoms with Crippen LogP contribution >= 0.6 is 23.2 Å². The minimum absolute atomic E-state index is 0.0929. The molecule has 0 unspecified atom stereocenters. The molecular weight excluding hydrogens is 257 g/mol. The average molecular weight is 270 g/mol. The van der Waals surface area contributed by atoms with Gasteiger partial charge in [0.25, 0.3) is 0 Å². The fraction of sp³-hybridized carbons (Fsp3) is 0.154. The molecule has 0 amide bonds. The number of benzene rings is 1. The number of halogens is 2. The Morgan fingerprint density at radius 2 is 1.94 bits per heavy atom.